The highest BCUT2D eigenvalue weighted by Crippen LogP contribution is 2.35. The molecular formula is C21H28FN3O4S. The standard InChI is InChI=1S/C21H28FN3O4S/c1-30(28,29)24-12-8-16(9-13-24)15-6-10-23(11-7-15)19-14-20(26)25(21(19)27)18-4-2-17(22)3-5-18/h2-5,15-16,19H,6-14H2,1H3/t19-/m0/s1. The molecule has 3 aliphatic heterocycles. The third-order valence-electron chi connectivity index (χ3n) is 6.86. The third kappa shape index (κ3) is 4.29. The topological polar surface area (TPSA) is 78.0 Å². The van der Waals surface area contributed by atoms with E-state index in [1.54, 1.807) is 4.31 Å². The maximum absolute atomic E-state index is 13.2. The second kappa shape index (κ2) is 8.36. The van der Waals surface area contributed by atoms with E-state index in [0.29, 0.717) is 30.6 Å². The average molecular weight is 438 g/mol. The summed E-state index contributed by atoms with van der Waals surface area (Å²) in [7, 11) is -3.11. The molecule has 2 amide bonds. The van der Waals surface area contributed by atoms with Gasteiger partial charge >= 0.3 is 0 Å². The zero-order valence-corrected chi connectivity index (χ0v) is 18.0. The maximum Gasteiger partial charge on any atom is 0.251 e. The highest BCUT2D eigenvalue weighted by molar-refractivity contribution is 7.88. The molecule has 0 saturated carbocycles. The number of rotatable bonds is 4. The molecule has 0 spiro atoms. The van der Waals surface area contributed by atoms with Gasteiger partial charge in [0.25, 0.3) is 5.91 Å². The van der Waals surface area contributed by atoms with E-state index in [1.807, 2.05) is 0 Å². The number of piperidine rings is 2. The van der Waals surface area contributed by atoms with Crippen LogP contribution in [-0.2, 0) is 19.6 Å². The van der Waals surface area contributed by atoms with Gasteiger partial charge in [-0.1, -0.05) is 0 Å². The summed E-state index contributed by atoms with van der Waals surface area (Å²) in [4.78, 5) is 28.7. The summed E-state index contributed by atoms with van der Waals surface area (Å²) in [5, 5.41) is 0. The first-order valence-electron chi connectivity index (χ1n) is 10.6. The molecule has 0 aliphatic carbocycles. The number of benzene rings is 1. The summed E-state index contributed by atoms with van der Waals surface area (Å²) in [6.45, 7) is 2.70. The molecule has 0 radical (unpaired) electrons. The van der Waals surface area contributed by atoms with E-state index < -0.39 is 21.9 Å². The van der Waals surface area contributed by atoms with Crippen molar-refractivity contribution in [1.82, 2.24) is 9.21 Å². The van der Waals surface area contributed by atoms with Gasteiger partial charge in [-0.2, -0.15) is 0 Å². The van der Waals surface area contributed by atoms with Crippen molar-refractivity contribution < 1.29 is 22.4 Å². The molecular weight excluding hydrogens is 409 g/mol. The molecule has 164 valence electrons. The quantitative estimate of drug-likeness (QED) is 0.672. The molecule has 0 N–H and O–H groups in total. The van der Waals surface area contributed by atoms with E-state index in [2.05, 4.69) is 4.90 Å². The molecule has 7 nitrogen and oxygen atoms in total. The maximum atomic E-state index is 13.2. The Bertz CT molecular complexity index is 905. The Labute approximate surface area is 176 Å². The molecule has 3 aliphatic rings. The third-order valence-corrected chi connectivity index (χ3v) is 8.16. The first kappa shape index (κ1) is 21.4. The van der Waals surface area contributed by atoms with Crippen LogP contribution in [0.3, 0.4) is 0 Å². The number of likely N-dealkylation sites (tertiary alicyclic amines) is 1. The van der Waals surface area contributed by atoms with Gasteiger partial charge in [0.05, 0.1) is 24.4 Å². The van der Waals surface area contributed by atoms with E-state index in [-0.39, 0.29) is 18.2 Å². The first-order chi connectivity index (χ1) is 14.2. The van der Waals surface area contributed by atoms with Crippen molar-refractivity contribution in [3.05, 3.63) is 30.1 Å². The molecule has 1 aromatic rings. The predicted molar refractivity (Wildman–Crippen MR) is 111 cm³/mol. The fourth-order valence-electron chi connectivity index (χ4n) is 5.14. The fraction of sp³-hybridized carbons (Fsp3) is 0.619. The molecule has 1 atom stereocenters. The van der Waals surface area contributed by atoms with Crippen molar-refractivity contribution >= 4 is 27.5 Å². The highest BCUT2D eigenvalue weighted by Gasteiger charge is 2.44. The van der Waals surface area contributed by atoms with Gasteiger partial charge in [-0.15, -0.1) is 0 Å². The smallest absolute Gasteiger partial charge is 0.251 e. The number of amides is 2. The number of hydrogen-bond donors (Lipinski definition) is 0. The zero-order valence-electron chi connectivity index (χ0n) is 17.2. The Hall–Kier alpha value is -1.84. The van der Waals surface area contributed by atoms with E-state index in [4.69, 9.17) is 0 Å². The lowest BCUT2D eigenvalue weighted by atomic mass is 9.79. The number of anilines is 1. The van der Waals surface area contributed by atoms with Gasteiger partial charge < -0.3 is 0 Å². The molecule has 0 unspecified atom stereocenters. The van der Waals surface area contributed by atoms with Crippen molar-refractivity contribution in [2.45, 2.75) is 38.1 Å². The van der Waals surface area contributed by atoms with E-state index in [9.17, 15) is 22.4 Å². The predicted octanol–water partition coefficient (Wildman–Crippen LogP) is 1.84. The molecule has 0 bridgehead atoms. The molecule has 30 heavy (non-hydrogen) atoms. The Morgan fingerprint density at radius 1 is 0.900 bits per heavy atom. The van der Waals surface area contributed by atoms with E-state index >= 15 is 0 Å². The molecule has 9 heteroatoms. The summed E-state index contributed by atoms with van der Waals surface area (Å²) in [5.41, 5.74) is 0.418. The molecule has 3 heterocycles. The van der Waals surface area contributed by atoms with Crippen molar-refractivity contribution in [3.8, 4) is 0 Å². The lowest BCUT2D eigenvalue weighted by Gasteiger charge is -2.40. The normalized spacial score (nSPS) is 25.9. The number of nitrogens with zero attached hydrogens (tertiary/aromatic N) is 3. The number of sulfonamides is 1. The number of halogens is 1. The Morgan fingerprint density at radius 2 is 1.43 bits per heavy atom. The Kier molecular flexibility index (Phi) is 5.96. The highest BCUT2D eigenvalue weighted by atomic mass is 32.2. The average Bonchev–Trinajstić information content (AvgIpc) is 3.02. The monoisotopic (exact) mass is 437 g/mol. The van der Waals surface area contributed by atoms with Gasteiger partial charge in [-0.05, 0) is 74.9 Å². The molecule has 0 aromatic heterocycles. The molecule has 3 fully saturated rings. The van der Waals surface area contributed by atoms with Crippen molar-refractivity contribution in [2.24, 2.45) is 11.8 Å². The van der Waals surface area contributed by atoms with Crippen molar-refractivity contribution in [1.29, 1.82) is 0 Å². The van der Waals surface area contributed by atoms with E-state index in [0.717, 1.165) is 38.8 Å². The Morgan fingerprint density at radius 3 is 1.97 bits per heavy atom. The van der Waals surface area contributed by atoms with Gasteiger partial charge in [-0.3, -0.25) is 14.5 Å². The van der Waals surface area contributed by atoms with Crippen LogP contribution >= 0.6 is 0 Å². The summed E-state index contributed by atoms with van der Waals surface area (Å²) in [5.74, 6) is 0.169. The number of carbonyl (C=O) groups excluding carboxylic acids is 2. The minimum atomic E-state index is -3.11. The first-order valence-corrected chi connectivity index (χ1v) is 12.4. The van der Waals surface area contributed by atoms with Gasteiger partial charge in [0.2, 0.25) is 15.9 Å². The second-order valence-corrected chi connectivity index (χ2v) is 10.6. The lowest BCUT2D eigenvalue weighted by molar-refractivity contribution is -0.123. The summed E-state index contributed by atoms with van der Waals surface area (Å²) < 4.78 is 38.1. The van der Waals surface area contributed by atoms with Crippen LogP contribution in [-0.4, -0.2) is 67.9 Å². The van der Waals surface area contributed by atoms with Crippen LogP contribution in [0, 0.1) is 17.7 Å². The van der Waals surface area contributed by atoms with Crippen LogP contribution in [0.25, 0.3) is 0 Å². The summed E-state index contributed by atoms with van der Waals surface area (Å²) in [6, 6.07) is 4.98. The number of carbonyl (C=O) groups is 2. The van der Waals surface area contributed by atoms with Gasteiger partial charge in [0.1, 0.15) is 5.82 Å². The SMILES string of the molecule is CS(=O)(=O)N1CCC(C2CCN([C@H]3CC(=O)N(c4ccc(F)cc4)C3=O)CC2)CC1. The van der Waals surface area contributed by atoms with Gasteiger partial charge in [0.15, 0.2) is 0 Å². The van der Waals surface area contributed by atoms with Crippen molar-refractivity contribution in [2.75, 3.05) is 37.3 Å². The number of imide groups is 1. The minimum absolute atomic E-state index is 0.160. The molecule has 4 rings (SSSR count). The summed E-state index contributed by atoms with van der Waals surface area (Å²) in [6.07, 6.45) is 5.11. The van der Waals surface area contributed by atoms with Gasteiger partial charge in [0, 0.05) is 13.1 Å². The number of hydrogen-bond acceptors (Lipinski definition) is 5. The van der Waals surface area contributed by atoms with Crippen LogP contribution in [0.5, 0.6) is 0 Å². The van der Waals surface area contributed by atoms with Crippen LogP contribution in [0.4, 0.5) is 10.1 Å². The van der Waals surface area contributed by atoms with Crippen LogP contribution in [0.1, 0.15) is 32.1 Å². The van der Waals surface area contributed by atoms with Crippen molar-refractivity contribution in [3.63, 3.8) is 0 Å². The fourth-order valence-corrected chi connectivity index (χ4v) is 6.02. The molecule has 3 saturated heterocycles. The lowest BCUT2D eigenvalue weighted by Crippen LogP contribution is -2.47. The Balaban J connectivity index is 1.33. The molecule has 1 aromatic carbocycles. The van der Waals surface area contributed by atoms with Crippen LogP contribution in [0.15, 0.2) is 24.3 Å². The zero-order chi connectivity index (χ0) is 21.5. The second-order valence-electron chi connectivity index (χ2n) is 8.64. The summed E-state index contributed by atoms with van der Waals surface area (Å²) >= 11 is 0. The minimum Gasteiger partial charge on any atom is -0.292 e. The van der Waals surface area contributed by atoms with Gasteiger partial charge in [-0.25, -0.2) is 22.0 Å². The van der Waals surface area contributed by atoms with E-state index in [1.165, 1.54) is 35.4 Å². The van der Waals surface area contributed by atoms with Crippen LogP contribution < -0.4 is 4.90 Å². The largest absolute Gasteiger partial charge is 0.292 e. The van der Waals surface area contributed by atoms with Crippen LogP contribution in [0.2, 0.25) is 0 Å².